The van der Waals surface area contributed by atoms with Crippen LogP contribution in [0.3, 0.4) is 0 Å². The monoisotopic (exact) mass is 494 g/mol. The van der Waals surface area contributed by atoms with Crippen LogP contribution in [0.2, 0.25) is 0 Å². The molecule has 184 valence electrons. The Hall–Kier alpha value is -2.97. The number of imidazole rings is 1. The van der Waals surface area contributed by atoms with Crippen LogP contribution in [0.15, 0.2) is 48.5 Å². The minimum atomic E-state index is -0.380. The van der Waals surface area contributed by atoms with Crippen molar-refractivity contribution in [2.24, 2.45) is 5.92 Å². The molecule has 8 nitrogen and oxygen atoms in total. The summed E-state index contributed by atoms with van der Waals surface area (Å²) in [6.07, 6.45) is 12.1. The Morgan fingerprint density at radius 3 is 2.71 bits per heavy atom. The number of methoxy groups -OCH3 is 2. The van der Waals surface area contributed by atoms with E-state index in [0.29, 0.717) is 17.4 Å². The van der Waals surface area contributed by atoms with E-state index in [9.17, 15) is 0 Å². The first-order valence-corrected chi connectivity index (χ1v) is 12.3. The third-order valence-electron chi connectivity index (χ3n) is 7.04. The summed E-state index contributed by atoms with van der Waals surface area (Å²) in [5.74, 6) is 2.32. The molecule has 1 aliphatic heterocycles. The lowest BCUT2D eigenvalue weighted by Gasteiger charge is -2.35. The highest BCUT2D eigenvalue weighted by Crippen LogP contribution is 2.42. The molecule has 0 aromatic carbocycles. The second-order valence-corrected chi connectivity index (χ2v) is 10.1. The lowest BCUT2D eigenvalue weighted by Crippen LogP contribution is -2.32. The molecular formula is C26H31ClN6O2. The molecular weight excluding hydrogens is 464 g/mol. The Morgan fingerprint density at radius 1 is 1.17 bits per heavy atom. The molecule has 3 aromatic rings. The average Bonchev–Trinajstić information content (AvgIpc) is 3.50. The van der Waals surface area contributed by atoms with E-state index in [2.05, 4.69) is 37.1 Å². The van der Waals surface area contributed by atoms with Crippen LogP contribution in [0, 0.1) is 12.8 Å². The van der Waals surface area contributed by atoms with Crippen molar-refractivity contribution in [3.63, 3.8) is 0 Å². The number of hydrogen-bond donors (Lipinski definition) is 0. The SMILES string of the molecule is COc1nc(-c2nc3n(n2)CCC[C@H]3C2C=C(C(C)(C)OC)C=CC2Cl)ccc1-n1cnc(C)c1. The molecule has 5 rings (SSSR count). The normalized spacial score (nSPS) is 22.1. The van der Waals surface area contributed by atoms with Crippen LogP contribution in [0.4, 0.5) is 0 Å². The predicted molar refractivity (Wildman–Crippen MR) is 135 cm³/mol. The van der Waals surface area contributed by atoms with Gasteiger partial charge in [0.25, 0.3) is 0 Å². The first-order chi connectivity index (χ1) is 16.8. The summed E-state index contributed by atoms with van der Waals surface area (Å²) in [6.45, 7) is 6.93. The molecule has 3 atom stereocenters. The molecule has 35 heavy (non-hydrogen) atoms. The van der Waals surface area contributed by atoms with Crippen LogP contribution in [-0.2, 0) is 11.3 Å². The number of alkyl halides is 1. The number of nitrogens with zero attached hydrogens (tertiary/aromatic N) is 6. The van der Waals surface area contributed by atoms with Crippen LogP contribution in [0.25, 0.3) is 17.2 Å². The molecule has 9 heteroatoms. The number of ether oxygens (including phenoxy) is 2. The quantitative estimate of drug-likeness (QED) is 0.455. The molecule has 2 unspecified atom stereocenters. The van der Waals surface area contributed by atoms with Crippen LogP contribution < -0.4 is 4.74 Å². The van der Waals surface area contributed by atoms with E-state index in [1.54, 1.807) is 20.5 Å². The summed E-state index contributed by atoms with van der Waals surface area (Å²) in [6, 6.07) is 3.89. The van der Waals surface area contributed by atoms with Gasteiger partial charge in [-0.2, -0.15) is 0 Å². The number of fused-ring (bicyclic) bond motifs is 1. The number of hydrogen-bond acceptors (Lipinski definition) is 6. The van der Waals surface area contributed by atoms with E-state index in [1.165, 1.54) is 0 Å². The molecule has 0 bridgehead atoms. The molecule has 1 aliphatic carbocycles. The molecule has 0 radical (unpaired) electrons. The Morgan fingerprint density at radius 2 is 2.00 bits per heavy atom. The number of allylic oxidation sites excluding steroid dienone is 2. The second-order valence-electron chi connectivity index (χ2n) is 9.63. The van der Waals surface area contributed by atoms with E-state index in [4.69, 9.17) is 36.1 Å². The summed E-state index contributed by atoms with van der Waals surface area (Å²) in [5, 5.41) is 4.71. The highest BCUT2D eigenvalue weighted by molar-refractivity contribution is 6.22. The first-order valence-electron chi connectivity index (χ1n) is 11.9. The maximum atomic E-state index is 6.82. The highest BCUT2D eigenvalue weighted by Gasteiger charge is 2.36. The third kappa shape index (κ3) is 4.41. The fourth-order valence-electron chi connectivity index (χ4n) is 4.85. The summed E-state index contributed by atoms with van der Waals surface area (Å²) < 4.78 is 15.2. The van der Waals surface area contributed by atoms with Crippen molar-refractivity contribution in [3.05, 3.63) is 60.0 Å². The highest BCUT2D eigenvalue weighted by atomic mass is 35.5. The molecule has 0 saturated heterocycles. The zero-order valence-corrected chi connectivity index (χ0v) is 21.5. The van der Waals surface area contributed by atoms with Gasteiger partial charge in [-0.25, -0.2) is 19.6 Å². The standard InChI is InChI=1S/C26H31ClN6O2/c1-16-14-32(15-28-16)22-11-10-21(29-25(22)34-4)23-30-24-18(7-6-12-33(24)31-23)19-13-17(8-9-20(19)27)26(2,3)35-5/h8-11,13-15,18-20H,6-7,12H2,1-5H3/t18-,19?,20?/m0/s1. The Kier molecular flexibility index (Phi) is 6.27. The van der Waals surface area contributed by atoms with E-state index in [-0.39, 0.29) is 22.8 Å². The molecule has 0 amide bonds. The number of aromatic nitrogens is 6. The predicted octanol–water partition coefficient (Wildman–Crippen LogP) is 4.87. The van der Waals surface area contributed by atoms with Gasteiger partial charge in [0.15, 0.2) is 5.82 Å². The molecule has 0 fully saturated rings. The zero-order chi connectivity index (χ0) is 24.7. The van der Waals surface area contributed by atoms with Crippen molar-refractivity contribution in [2.45, 2.75) is 57.1 Å². The fraction of sp³-hybridized carbons (Fsp3) is 0.462. The molecule has 2 aliphatic rings. The molecule has 0 saturated carbocycles. The van der Waals surface area contributed by atoms with E-state index in [0.717, 1.165) is 42.2 Å². The van der Waals surface area contributed by atoms with Gasteiger partial charge in [-0.1, -0.05) is 18.2 Å². The van der Waals surface area contributed by atoms with Gasteiger partial charge in [0.1, 0.15) is 17.2 Å². The summed E-state index contributed by atoms with van der Waals surface area (Å²) in [4.78, 5) is 14.0. The van der Waals surface area contributed by atoms with Crippen molar-refractivity contribution in [1.29, 1.82) is 0 Å². The van der Waals surface area contributed by atoms with Gasteiger partial charge in [0.05, 0.1) is 30.1 Å². The third-order valence-corrected chi connectivity index (χ3v) is 7.48. The smallest absolute Gasteiger partial charge is 0.238 e. The maximum absolute atomic E-state index is 6.82. The largest absolute Gasteiger partial charge is 0.479 e. The van der Waals surface area contributed by atoms with Gasteiger partial charge < -0.3 is 14.0 Å². The first kappa shape index (κ1) is 23.8. The Labute approximate surface area is 210 Å². The number of rotatable bonds is 6. The van der Waals surface area contributed by atoms with Gasteiger partial charge in [0, 0.05) is 31.7 Å². The molecule has 0 spiro atoms. The van der Waals surface area contributed by atoms with Gasteiger partial charge >= 0.3 is 0 Å². The van der Waals surface area contributed by atoms with E-state index < -0.39 is 0 Å². The van der Waals surface area contributed by atoms with Gasteiger partial charge in [-0.3, -0.25) is 0 Å². The van der Waals surface area contributed by atoms with Crippen molar-refractivity contribution in [2.75, 3.05) is 14.2 Å². The van der Waals surface area contributed by atoms with Gasteiger partial charge in [-0.05, 0) is 51.3 Å². The topological polar surface area (TPSA) is 79.9 Å². The number of aryl methyl sites for hydroxylation is 2. The second kappa shape index (κ2) is 9.24. The van der Waals surface area contributed by atoms with Crippen LogP contribution >= 0.6 is 11.6 Å². The van der Waals surface area contributed by atoms with Crippen molar-refractivity contribution >= 4 is 11.6 Å². The summed E-state index contributed by atoms with van der Waals surface area (Å²) >= 11 is 6.82. The number of halogens is 1. The van der Waals surface area contributed by atoms with Crippen LogP contribution in [0.1, 0.15) is 44.1 Å². The maximum Gasteiger partial charge on any atom is 0.238 e. The Balaban J connectivity index is 1.49. The average molecular weight is 495 g/mol. The van der Waals surface area contributed by atoms with E-state index in [1.807, 2.05) is 34.5 Å². The van der Waals surface area contributed by atoms with Crippen LogP contribution in [0.5, 0.6) is 5.88 Å². The minimum Gasteiger partial charge on any atom is -0.479 e. The number of pyridine rings is 1. The lowest BCUT2D eigenvalue weighted by atomic mass is 9.78. The molecule has 0 N–H and O–H groups in total. The molecule has 3 aromatic heterocycles. The van der Waals surface area contributed by atoms with Crippen molar-refractivity contribution in [3.8, 4) is 23.1 Å². The fourth-order valence-corrected chi connectivity index (χ4v) is 5.17. The molecule has 4 heterocycles. The van der Waals surface area contributed by atoms with Gasteiger partial charge in [-0.15, -0.1) is 16.7 Å². The minimum absolute atomic E-state index is 0.108. The van der Waals surface area contributed by atoms with E-state index >= 15 is 0 Å². The van der Waals surface area contributed by atoms with Crippen molar-refractivity contribution in [1.82, 2.24) is 29.3 Å². The van der Waals surface area contributed by atoms with Crippen molar-refractivity contribution < 1.29 is 9.47 Å². The lowest BCUT2D eigenvalue weighted by molar-refractivity contribution is 0.0570. The Bertz CT molecular complexity index is 1290. The van der Waals surface area contributed by atoms with Gasteiger partial charge in [0.2, 0.25) is 5.88 Å². The summed E-state index contributed by atoms with van der Waals surface area (Å²) in [5.41, 5.74) is 3.17. The zero-order valence-electron chi connectivity index (χ0n) is 20.8. The summed E-state index contributed by atoms with van der Waals surface area (Å²) in [7, 11) is 3.35. The van der Waals surface area contributed by atoms with Crippen LogP contribution in [-0.4, -0.2) is 54.5 Å².